The van der Waals surface area contributed by atoms with E-state index in [9.17, 15) is 4.39 Å². The average Bonchev–Trinajstić information content (AvgIpc) is 3.63. The van der Waals surface area contributed by atoms with Crippen LogP contribution in [0.25, 0.3) is 17.1 Å². The fourth-order valence-electron chi connectivity index (χ4n) is 4.77. The lowest BCUT2D eigenvalue weighted by Crippen LogP contribution is -2.31. The standard InChI is InChI=1S/C30H38FN5/c1-6-19-35(21(3)4)22(5)28-29(32-7-2)34-30(36(28)20-24-11-9-8-10-12-24)25-16-18-27(31)33-26(25)17-15-23-13-14-23/h7-12,16,18,21,23,32H,2,5-6,13-15,17,19-20H2,1,3-4H3. The second-order valence-corrected chi connectivity index (χ2v) is 9.90. The van der Waals surface area contributed by atoms with Crippen LogP contribution in [0.4, 0.5) is 10.2 Å². The van der Waals surface area contributed by atoms with E-state index in [0.29, 0.717) is 12.4 Å². The van der Waals surface area contributed by atoms with Gasteiger partial charge >= 0.3 is 0 Å². The molecule has 2 aromatic heterocycles. The van der Waals surface area contributed by atoms with Crippen LogP contribution < -0.4 is 5.32 Å². The number of imidazole rings is 1. The molecule has 0 atom stereocenters. The molecule has 0 amide bonds. The van der Waals surface area contributed by atoms with Gasteiger partial charge in [0.1, 0.15) is 11.5 Å². The van der Waals surface area contributed by atoms with Crippen LogP contribution in [0.3, 0.4) is 0 Å². The summed E-state index contributed by atoms with van der Waals surface area (Å²) in [5.74, 6) is 1.74. The molecule has 4 rings (SSSR count). The molecular formula is C30H38FN5. The zero-order valence-corrected chi connectivity index (χ0v) is 21.8. The highest BCUT2D eigenvalue weighted by Gasteiger charge is 2.27. The van der Waals surface area contributed by atoms with E-state index in [2.05, 4.69) is 65.8 Å². The number of nitrogens with one attached hydrogen (secondary N) is 1. The van der Waals surface area contributed by atoms with E-state index in [1.807, 2.05) is 24.3 Å². The minimum Gasteiger partial charge on any atom is -0.368 e. The molecule has 190 valence electrons. The Morgan fingerprint density at radius 1 is 1.19 bits per heavy atom. The van der Waals surface area contributed by atoms with E-state index >= 15 is 0 Å². The Bertz CT molecular complexity index is 1190. The smallest absolute Gasteiger partial charge is 0.213 e. The molecule has 0 radical (unpaired) electrons. The van der Waals surface area contributed by atoms with E-state index < -0.39 is 5.95 Å². The van der Waals surface area contributed by atoms with Crippen molar-refractivity contribution in [2.45, 2.75) is 65.5 Å². The van der Waals surface area contributed by atoms with Crippen LogP contribution >= 0.6 is 0 Å². The first-order valence-electron chi connectivity index (χ1n) is 13.1. The Labute approximate surface area is 214 Å². The van der Waals surface area contributed by atoms with Gasteiger partial charge in [0.25, 0.3) is 0 Å². The normalized spacial score (nSPS) is 13.1. The van der Waals surface area contributed by atoms with E-state index in [4.69, 9.17) is 4.98 Å². The summed E-state index contributed by atoms with van der Waals surface area (Å²) in [7, 11) is 0. The fourth-order valence-corrected chi connectivity index (χ4v) is 4.77. The molecule has 1 fully saturated rings. The SMILES string of the molecule is C=CNc1nc(-c2ccc(F)nc2CCC2CC2)n(Cc2ccccc2)c1C(=C)N(CCC)C(C)C. The van der Waals surface area contributed by atoms with Gasteiger partial charge in [0.15, 0.2) is 5.82 Å². The summed E-state index contributed by atoms with van der Waals surface area (Å²) in [6.45, 7) is 16.5. The van der Waals surface area contributed by atoms with Crippen molar-refractivity contribution in [2.75, 3.05) is 11.9 Å². The molecule has 3 aromatic rings. The lowest BCUT2D eigenvalue weighted by atomic mass is 10.1. The Kier molecular flexibility index (Phi) is 8.24. The molecule has 1 N–H and O–H groups in total. The third kappa shape index (κ3) is 5.86. The summed E-state index contributed by atoms with van der Waals surface area (Å²) in [5.41, 5.74) is 4.59. The molecule has 0 unspecified atom stereocenters. The molecule has 5 nitrogen and oxygen atoms in total. The van der Waals surface area contributed by atoms with Gasteiger partial charge in [-0.1, -0.05) is 63.3 Å². The van der Waals surface area contributed by atoms with Crippen LogP contribution in [0.15, 0.2) is 61.8 Å². The maximum Gasteiger partial charge on any atom is 0.213 e. The Balaban J connectivity index is 1.89. The van der Waals surface area contributed by atoms with Crippen molar-refractivity contribution in [3.05, 3.63) is 84.7 Å². The number of rotatable bonds is 13. The van der Waals surface area contributed by atoms with Crippen LogP contribution in [0.2, 0.25) is 0 Å². The van der Waals surface area contributed by atoms with Crippen molar-refractivity contribution in [3.63, 3.8) is 0 Å². The predicted octanol–water partition coefficient (Wildman–Crippen LogP) is 7.12. The molecule has 0 saturated heterocycles. The zero-order chi connectivity index (χ0) is 25.7. The number of halogens is 1. The number of aryl methyl sites for hydroxylation is 1. The minimum absolute atomic E-state index is 0.277. The Hall–Kier alpha value is -3.41. The van der Waals surface area contributed by atoms with Crippen LogP contribution in [-0.2, 0) is 13.0 Å². The number of pyridine rings is 1. The van der Waals surface area contributed by atoms with Gasteiger partial charge in [-0.05, 0) is 62.9 Å². The second kappa shape index (κ2) is 11.5. The van der Waals surface area contributed by atoms with Gasteiger partial charge < -0.3 is 14.8 Å². The summed E-state index contributed by atoms with van der Waals surface area (Å²) in [6.07, 6.45) is 6.93. The number of hydrogen-bond acceptors (Lipinski definition) is 4. The summed E-state index contributed by atoms with van der Waals surface area (Å²) < 4.78 is 16.5. The minimum atomic E-state index is -0.450. The van der Waals surface area contributed by atoms with Gasteiger partial charge in [-0.2, -0.15) is 4.39 Å². The van der Waals surface area contributed by atoms with Gasteiger partial charge in [0.05, 0.1) is 11.4 Å². The topological polar surface area (TPSA) is 46.0 Å². The third-order valence-electron chi connectivity index (χ3n) is 6.77. The lowest BCUT2D eigenvalue weighted by Gasteiger charge is -2.31. The molecule has 2 heterocycles. The monoisotopic (exact) mass is 487 g/mol. The first-order chi connectivity index (χ1) is 17.4. The number of anilines is 1. The number of benzene rings is 1. The maximum atomic E-state index is 14.3. The molecule has 6 heteroatoms. The number of hydrogen-bond donors (Lipinski definition) is 1. The molecule has 36 heavy (non-hydrogen) atoms. The number of nitrogens with zero attached hydrogens (tertiary/aromatic N) is 4. The summed E-state index contributed by atoms with van der Waals surface area (Å²) in [4.78, 5) is 11.7. The average molecular weight is 488 g/mol. The van der Waals surface area contributed by atoms with E-state index in [0.717, 1.165) is 65.8 Å². The van der Waals surface area contributed by atoms with E-state index in [1.165, 1.54) is 18.9 Å². The summed E-state index contributed by atoms with van der Waals surface area (Å²) >= 11 is 0. The van der Waals surface area contributed by atoms with E-state index in [-0.39, 0.29) is 6.04 Å². The highest BCUT2D eigenvalue weighted by molar-refractivity contribution is 5.75. The van der Waals surface area contributed by atoms with Crippen LogP contribution in [0.5, 0.6) is 0 Å². The maximum absolute atomic E-state index is 14.3. The number of aromatic nitrogens is 3. The molecule has 1 aliphatic rings. The molecule has 1 aromatic carbocycles. The van der Waals surface area contributed by atoms with Crippen molar-refractivity contribution in [1.82, 2.24) is 19.4 Å². The Morgan fingerprint density at radius 2 is 1.94 bits per heavy atom. The molecule has 0 spiro atoms. The highest BCUT2D eigenvalue weighted by atomic mass is 19.1. The molecule has 0 bridgehead atoms. The van der Waals surface area contributed by atoms with Gasteiger partial charge in [-0.25, -0.2) is 9.97 Å². The third-order valence-corrected chi connectivity index (χ3v) is 6.77. The predicted molar refractivity (Wildman–Crippen MR) is 147 cm³/mol. The van der Waals surface area contributed by atoms with E-state index in [1.54, 1.807) is 6.20 Å². The van der Waals surface area contributed by atoms with Gasteiger partial charge in [0.2, 0.25) is 5.95 Å². The lowest BCUT2D eigenvalue weighted by molar-refractivity contribution is 0.329. The van der Waals surface area contributed by atoms with Gasteiger partial charge in [0, 0.05) is 24.7 Å². The molecule has 1 aliphatic carbocycles. The van der Waals surface area contributed by atoms with Crippen molar-refractivity contribution in [2.24, 2.45) is 5.92 Å². The van der Waals surface area contributed by atoms with Crippen molar-refractivity contribution >= 4 is 11.5 Å². The van der Waals surface area contributed by atoms with Crippen molar-refractivity contribution in [3.8, 4) is 11.4 Å². The summed E-state index contributed by atoms with van der Waals surface area (Å²) in [6, 6.07) is 13.9. The highest BCUT2D eigenvalue weighted by Crippen LogP contribution is 2.37. The van der Waals surface area contributed by atoms with Crippen molar-refractivity contribution in [1.29, 1.82) is 0 Å². The Morgan fingerprint density at radius 3 is 2.58 bits per heavy atom. The van der Waals surface area contributed by atoms with Gasteiger partial charge in [-0.15, -0.1) is 0 Å². The fraction of sp³-hybridized carbons (Fsp3) is 0.400. The molecule has 0 aliphatic heterocycles. The summed E-state index contributed by atoms with van der Waals surface area (Å²) in [5, 5.41) is 3.25. The quantitative estimate of drug-likeness (QED) is 0.261. The molecular weight excluding hydrogens is 449 g/mol. The first kappa shape index (κ1) is 25.7. The largest absolute Gasteiger partial charge is 0.368 e. The second-order valence-electron chi connectivity index (χ2n) is 9.90. The van der Waals surface area contributed by atoms with Crippen LogP contribution in [0.1, 0.15) is 63.4 Å². The molecule has 1 saturated carbocycles. The van der Waals surface area contributed by atoms with Gasteiger partial charge in [-0.3, -0.25) is 0 Å². The zero-order valence-electron chi connectivity index (χ0n) is 21.8. The van der Waals surface area contributed by atoms with Crippen LogP contribution in [-0.4, -0.2) is 32.0 Å². The first-order valence-corrected chi connectivity index (χ1v) is 13.1. The van der Waals surface area contributed by atoms with Crippen LogP contribution in [0, 0.1) is 11.9 Å². The van der Waals surface area contributed by atoms with Crippen molar-refractivity contribution < 1.29 is 4.39 Å².